The zero-order valence-electron chi connectivity index (χ0n) is 9.63. The molecule has 0 radical (unpaired) electrons. The molecule has 0 heterocycles. The maximum absolute atomic E-state index is 11.6. The fourth-order valence-corrected chi connectivity index (χ4v) is 1.72. The van der Waals surface area contributed by atoms with Crippen molar-refractivity contribution in [2.75, 3.05) is 5.32 Å². The summed E-state index contributed by atoms with van der Waals surface area (Å²) in [7, 11) is 0. The van der Waals surface area contributed by atoms with Crippen LogP contribution in [-0.2, 0) is 9.59 Å². The number of hydrogen-bond donors (Lipinski definition) is 3. The monoisotopic (exact) mass is 330 g/mol. The second kappa shape index (κ2) is 6.25. The van der Waals surface area contributed by atoms with Crippen LogP contribution in [0.25, 0.3) is 0 Å². The Labute approximate surface area is 116 Å². The van der Waals surface area contributed by atoms with E-state index in [1.54, 1.807) is 0 Å². The van der Waals surface area contributed by atoms with Gasteiger partial charge in [-0.05, 0) is 22.0 Å². The molecule has 0 fully saturated rings. The van der Waals surface area contributed by atoms with Gasteiger partial charge in [0, 0.05) is 16.6 Å². The van der Waals surface area contributed by atoms with Gasteiger partial charge in [0.05, 0.1) is 23.1 Å². The molecule has 19 heavy (non-hydrogen) atoms. The van der Waals surface area contributed by atoms with Crippen molar-refractivity contribution < 1.29 is 14.5 Å². The Hall–Kier alpha value is -2.00. The number of rotatable bonds is 5. The Morgan fingerprint density at radius 1 is 1.47 bits per heavy atom. The SMILES string of the molecule is NC(=O)CC(N)C(=O)Nc1ccc([N+](=O)[O-])cc1Br. The number of halogens is 1. The number of nitrogens with zero attached hydrogens (tertiary/aromatic N) is 1. The molecule has 2 amide bonds. The number of hydrogen-bond acceptors (Lipinski definition) is 5. The number of amides is 2. The van der Waals surface area contributed by atoms with E-state index in [1.165, 1.54) is 18.2 Å². The summed E-state index contributed by atoms with van der Waals surface area (Å²) in [5.41, 5.74) is 10.6. The first-order chi connectivity index (χ1) is 8.81. The van der Waals surface area contributed by atoms with Gasteiger partial charge in [-0.15, -0.1) is 0 Å². The number of anilines is 1. The molecule has 1 atom stereocenters. The lowest BCUT2D eigenvalue weighted by atomic mass is 10.2. The summed E-state index contributed by atoms with van der Waals surface area (Å²) in [6.45, 7) is 0. The predicted molar refractivity (Wildman–Crippen MR) is 71.2 cm³/mol. The standard InChI is InChI=1S/C10H11BrN4O4/c11-6-3-5(15(18)19)1-2-8(6)14-10(17)7(12)4-9(13)16/h1-3,7H,4,12H2,(H2,13,16)(H,14,17). The van der Waals surface area contributed by atoms with Gasteiger partial charge in [-0.25, -0.2) is 0 Å². The molecule has 1 aromatic rings. The Bertz CT molecular complexity index is 534. The highest BCUT2D eigenvalue weighted by atomic mass is 79.9. The van der Waals surface area contributed by atoms with Gasteiger partial charge in [0.15, 0.2) is 0 Å². The van der Waals surface area contributed by atoms with E-state index in [0.29, 0.717) is 10.2 Å². The van der Waals surface area contributed by atoms with Crippen molar-refractivity contribution in [1.82, 2.24) is 0 Å². The van der Waals surface area contributed by atoms with Crippen molar-refractivity contribution >= 4 is 39.1 Å². The fraction of sp³-hybridized carbons (Fsp3) is 0.200. The maximum Gasteiger partial charge on any atom is 0.270 e. The number of primary amides is 1. The summed E-state index contributed by atoms with van der Waals surface area (Å²) in [6.07, 6.45) is -0.281. The summed E-state index contributed by atoms with van der Waals surface area (Å²) < 4.78 is 0.335. The van der Waals surface area contributed by atoms with Crippen molar-refractivity contribution in [2.45, 2.75) is 12.5 Å². The number of nitro groups is 1. The zero-order chi connectivity index (χ0) is 14.6. The van der Waals surface area contributed by atoms with Crippen LogP contribution in [0.2, 0.25) is 0 Å². The highest BCUT2D eigenvalue weighted by Gasteiger charge is 2.18. The maximum atomic E-state index is 11.6. The van der Waals surface area contributed by atoms with E-state index in [0.717, 1.165) is 0 Å². The third-order valence-corrected chi connectivity index (χ3v) is 2.84. The first kappa shape index (κ1) is 15.1. The minimum absolute atomic E-state index is 0.119. The van der Waals surface area contributed by atoms with Crippen LogP contribution in [0.3, 0.4) is 0 Å². The molecule has 0 aliphatic heterocycles. The molecule has 0 saturated heterocycles. The number of carbonyl (C=O) groups excluding carboxylic acids is 2. The summed E-state index contributed by atoms with van der Waals surface area (Å²) in [5, 5.41) is 13.0. The third-order valence-electron chi connectivity index (χ3n) is 2.18. The van der Waals surface area contributed by atoms with Gasteiger partial charge in [-0.1, -0.05) is 0 Å². The van der Waals surface area contributed by atoms with Crippen molar-refractivity contribution in [3.8, 4) is 0 Å². The summed E-state index contributed by atoms with van der Waals surface area (Å²) in [6, 6.07) is 2.77. The van der Waals surface area contributed by atoms with Crippen LogP contribution in [0.1, 0.15) is 6.42 Å². The minimum atomic E-state index is -1.07. The predicted octanol–water partition coefficient (Wildman–Crippen LogP) is 0.499. The Morgan fingerprint density at radius 2 is 2.11 bits per heavy atom. The van der Waals surface area contributed by atoms with Crippen LogP contribution >= 0.6 is 15.9 Å². The minimum Gasteiger partial charge on any atom is -0.370 e. The van der Waals surface area contributed by atoms with Crippen LogP contribution in [0.5, 0.6) is 0 Å². The molecule has 1 unspecified atom stereocenters. The molecule has 0 aliphatic rings. The lowest BCUT2D eigenvalue weighted by Crippen LogP contribution is -2.39. The topological polar surface area (TPSA) is 141 Å². The van der Waals surface area contributed by atoms with Crippen LogP contribution in [0.4, 0.5) is 11.4 Å². The highest BCUT2D eigenvalue weighted by Crippen LogP contribution is 2.27. The number of carbonyl (C=O) groups is 2. The van der Waals surface area contributed by atoms with Gasteiger partial charge in [-0.2, -0.15) is 0 Å². The molecule has 8 nitrogen and oxygen atoms in total. The molecule has 0 saturated carbocycles. The van der Waals surface area contributed by atoms with Gasteiger partial charge in [0.2, 0.25) is 11.8 Å². The van der Waals surface area contributed by atoms with E-state index in [2.05, 4.69) is 21.2 Å². The molecule has 0 aliphatic carbocycles. The molecular weight excluding hydrogens is 320 g/mol. The molecule has 0 aromatic heterocycles. The van der Waals surface area contributed by atoms with Crippen molar-refractivity contribution in [2.24, 2.45) is 11.5 Å². The zero-order valence-corrected chi connectivity index (χ0v) is 11.2. The number of nitrogens with one attached hydrogen (secondary N) is 1. The quantitative estimate of drug-likeness (QED) is 0.532. The van der Waals surface area contributed by atoms with Crippen molar-refractivity contribution in [3.05, 3.63) is 32.8 Å². The highest BCUT2D eigenvalue weighted by molar-refractivity contribution is 9.10. The van der Waals surface area contributed by atoms with E-state index in [4.69, 9.17) is 11.5 Å². The Morgan fingerprint density at radius 3 is 2.58 bits per heavy atom. The largest absolute Gasteiger partial charge is 0.370 e. The molecule has 0 spiro atoms. The van der Waals surface area contributed by atoms with Crippen LogP contribution in [-0.4, -0.2) is 22.8 Å². The summed E-state index contributed by atoms with van der Waals surface area (Å²) in [5.74, 6) is -1.29. The van der Waals surface area contributed by atoms with Crippen molar-refractivity contribution in [3.63, 3.8) is 0 Å². The average Bonchev–Trinajstić information content (AvgIpc) is 2.30. The lowest BCUT2D eigenvalue weighted by molar-refractivity contribution is -0.384. The van der Waals surface area contributed by atoms with E-state index in [1.807, 2.05) is 0 Å². The molecule has 1 aromatic carbocycles. The Kier molecular flexibility index (Phi) is 4.95. The van der Waals surface area contributed by atoms with Gasteiger partial charge in [0.25, 0.3) is 5.69 Å². The smallest absolute Gasteiger partial charge is 0.270 e. The second-order valence-electron chi connectivity index (χ2n) is 3.69. The van der Waals surface area contributed by atoms with Gasteiger partial charge in [0.1, 0.15) is 0 Å². The van der Waals surface area contributed by atoms with Gasteiger partial charge >= 0.3 is 0 Å². The van der Waals surface area contributed by atoms with E-state index >= 15 is 0 Å². The van der Waals surface area contributed by atoms with Crippen LogP contribution in [0, 0.1) is 10.1 Å². The average molecular weight is 331 g/mol. The van der Waals surface area contributed by atoms with Crippen LogP contribution in [0.15, 0.2) is 22.7 Å². The second-order valence-corrected chi connectivity index (χ2v) is 4.54. The van der Waals surface area contributed by atoms with Crippen LogP contribution < -0.4 is 16.8 Å². The molecular formula is C10H11BrN4O4. The first-order valence-corrected chi connectivity index (χ1v) is 5.89. The molecule has 1 rings (SSSR count). The molecule has 0 bridgehead atoms. The van der Waals surface area contributed by atoms with Gasteiger partial charge < -0.3 is 16.8 Å². The van der Waals surface area contributed by atoms with E-state index in [-0.39, 0.29) is 12.1 Å². The number of non-ortho nitro benzene ring substituents is 1. The molecule has 9 heteroatoms. The number of nitrogens with two attached hydrogens (primary N) is 2. The lowest BCUT2D eigenvalue weighted by Gasteiger charge is -2.11. The van der Waals surface area contributed by atoms with E-state index < -0.39 is 22.8 Å². The molecule has 5 N–H and O–H groups in total. The van der Waals surface area contributed by atoms with Crippen molar-refractivity contribution in [1.29, 1.82) is 0 Å². The first-order valence-electron chi connectivity index (χ1n) is 5.10. The number of nitro benzene ring substituents is 1. The normalized spacial score (nSPS) is 11.7. The van der Waals surface area contributed by atoms with Gasteiger partial charge in [-0.3, -0.25) is 19.7 Å². The summed E-state index contributed by atoms with van der Waals surface area (Å²) in [4.78, 5) is 32.2. The van der Waals surface area contributed by atoms with E-state index in [9.17, 15) is 19.7 Å². The summed E-state index contributed by atoms with van der Waals surface area (Å²) >= 11 is 3.09. The third kappa shape index (κ3) is 4.30. The molecule has 102 valence electrons. The fourth-order valence-electron chi connectivity index (χ4n) is 1.25. The Balaban J connectivity index is 2.80. The number of benzene rings is 1.